The van der Waals surface area contributed by atoms with Crippen molar-refractivity contribution in [1.82, 2.24) is 9.88 Å². The summed E-state index contributed by atoms with van der Waals surface area (Å²) in [5, 5.41) is 11.2. The molecular formula is C19H24N2O2S. The first-order valence-corrected chi connectivity index (χ1v) is 9.49. The van der Waals surface area contributed by atoms with Crippen molar-refractivity contribution < 1.29 is 9.84 Å². The van der Waals surface area contributed by atoms with Crippen molar-refractivity contribution in [3.63, 3.8) is 0 Å². The van der Waals surface area contributed by atoms with Gasteiger partial charge >= 0.3 is 0 Å². The van der Waals surface area contributed by atoms with Gasteiger partial charge in [0.25, 0.3) is 0 Å². The van der Waals surface area contributed by atoms with Gasteiger partial charge in [-0.05, 0) is 25.7 Å². The second kappa shape index (κ2) is 6.56. The van der Waals surface area contributed by atoms with Crippen LogP contribution < -0.4 is 0 Å². The molecular weight excluding hydrogens is 320 g/mol. The van der Waals surface area contributed by atoms with Crippen LogP contribution in [-0.4, -0.2) is 46.4 Å². The molecule has 1 saturated heterocycles. The Morgan fingerprint density at radius 2 is 2.17 bits per heavy atom. The molecule has 0 amide bonds. The first-order chi connectivity index (χ1) is 11.7. The van der Waals surface area contributed by atoms with E-state index in [0.717, 1.165) is 43.8 Å². The molecule has 1 aliphatic heterocycles. The summed E-state index contributed by atoms with van der Waals surface area (Å²) < 4.78 is 5.93. The summed E-state index contributed by atoms with van der Waals surface area (Å²) in [5.41, 5.74) is 1.11. The van der Waals surface area contributed by atoms with Crippen LogP contribution in [0.1, 0.15) is 30.6 Å². The van der Waals surface area contributed by atoms with Crippen LogP contribution in [0.4, 0.5) is 0 Å². The van der Waals surface area contributed by atoms with Gasteiger partial charge in [0.2, 0.25) is 0 Å². The van der Waals surface area contributed by atoms with Crippen molar-refractivity contribution in [2.45, 2.75) is 50.0 Å². The molecule has 2 fully saturated rings. The number of rotatable bonds is 4. The molecule has 1 N–H and O–H groups in total. The molecule has 2 aromatic rings. The Morgan fingerprint density at radius 1 is 1.33 bits per heavy atom. The lowest BCUT2D eigenvalue weighted by atomic mass is 9.79. The van der Waals surface area contributed by atoms with Crippen LogP contribution in [0.15, 0.2) is 36.5 Å². The first kappa shape index (κ1) is 16.2. The number of benzene rings is 1. The van der Waals surface area contributed by atoms with Crippen LogP contribution in [-0.2, 0) is 11.3 Å². The van der Waals surface area contributed by atoms with E-state index in [1.54, 1.807) is 11.3 Å². The molecule has 0 spiro atoms. The Bertz CT molecular complexity index is 690. The molecule has 5 heteroatoms. The Balaban J connectivity index is 1.51. The predicted molar refractivity (Wildman–Crippen MR) is 96.0 cm³/mol. The van der Waals surface area contributed by atoms with Gasteiger partial charge in [-0.15, -0.1) is 11.3 Å². The third-order valence-electron chi connectivity index (χ3n) is 5.61. The van der Waals surface area contributed by atoms with Gasteiger partial charge < -0.3 is 9.84 Å². The van der Waals surface area contributed by atoms with E-state index in [9.17, 15) is 5.11 Å². The highest BCUT2D eigenvalue weighted by atomic mass is 32.1. The highest BCUT2D eigenvalue weighted by Gasteiger charge is 2.50. The second-order valence-corrected chi connectivity index (χ2v) is 8.05. The minimum atomic E-state index is -0.194. The third kappa shape index (κ3) is 2.90. The number of thiazole rings is 1. The second-order valence-electron chi connectivity index (χ2n) is 6.93. The van der Waals surface area contributed by atoms with Gasteiger partial charge in [0.1, 0.15) is 5.01 Å². The molecule has 1 saturated carbocycles. The van der Waals surface area contributed by atoms with Crippen molar-refractivity contribution in [2.24, 2.45) is 0 Å². The van der Waals surface area contributed by atoms with E-state index in [0.29, 0.717) is 6.04 Å². The van der Waals surface area contributed by atoms with Gasteiger partial charge in [-0.25, -0.2) is 4.98 Å². The number of aliphatic hydroxyl groups is 1. The fraction of sp³-hybridized carbons (Fsp3) is 0.526. The summed E-state index contributed by atoms with van der Waals surface area (Å²) in [7, 11) is 1.83. The zero-order valence-corrected chi connectivity index (χ0v) is 14.8. The van der Waals surface area contributed by atoms with Crippen LogP contribution in [0.25, 0.3) is 10.6 Å². The zero-order valence-electron chi connectivity index (χ0n) is 14.0. The summed E-state index contributed by atoms with van der Waals surface area (Å²) in [6.07, 6.45) is 5.50. The Labute approximate surface area is 147 Å². The van der Waals surface area contributed by atoms with Crippen LogP contribution >= 0.6 is 11.3 Å². The van der Waals surface area contributed by atoms with E-state index in [1.165, 1.54) is 10.4 Å². The molecule has 1 aromatic carbocycles. The molecule has 0 radical (unpaired) electrons. The Hall–Kier alpha value is -1.27. The van der Waals surface area contributed by atoms with Crippen molar-refractivity contribution in [3.05, 3.63) is 41.4 Å². The number of aliphatic hydroxyl groups excluding tert-OH is 1. The van der Waals surface area contributed by atoms with E-state index in [4.69, 9.17) is 4.74 Å². The predicted octanol–water partition coefficient (Wildman–Crippen LogP) is 3.31. The number of aromatic nitrogens is 1. The molecule has 2 heterocycles. The number of hydrogen-bond donors (Lipinski definition) is 1. The number of nitrogens with zero attached hydrogens (tertiary/aromatic N) is 2. The molecule has 24 heavy (non-hydrogen) atoms. The lowest BCUT2D eigenvalue weighted by molar-refractivity contribution is -0.0878. The summed E-state index contributed by atoms with van der Waals surface area (Å²) in [6.45, 7) is 1.93. The van der Waals surface area contributed by atoms with Gasteiger partial charge in [0.05, 0.1) is 11.7 Å². The van der Waals surface area contributed by atoms with Crippen molar-refractivity contribution in [2.75, 3.05) is 13.7 Å². The van der Waals surface area contributed by atoms with Gasteiger partial charge in [-0.1, -0.05) is 30.3 Å². The smallest absolute Gasteiger partial charge is 0.123 e. The minimum Gasteiger partial charge on any atom is -0.393 e. The molecule has 0 bridgehead atoms. The minimum absolute atomic E-state index is 0.0633. The van der Waals surface area contributed by atoms with E-state index in [1.807, 2.05) is 31.5 Å². The maximum Gasteiger partial charge on any atom is 0.123 e. The lowest BCUT2D eigenvalue weighted by Crippen LogP contribution is -2.51. The van der Waals surface area contributed by atoms with Crippen LogP contribution in [0.2, 0.25) is 0 Å². The van der Waals surface area contributed by atoms with Crippen molar-refractivity contribution >= 4 is 11.3 Å². The highest BCUT2D eigenvalue weighted by molar-refractivity contribution is 7.15. The summed E-state index contributed by atoms with van der Waals surface area (Å²) in [5.74, 6) is 0. The first-order valence-electron chi connectivity index (χ1n) is 8.67. The average Bonchev–Trinajstić information content (AvgIpc) is 3.22. The molecule has 1 aliphatic carbocycles. The van der Waals surface area contributed by atoms with Gasteiger partial charge in [0.15, 0.2) is 0 Å². The summed E-state index contributed by atoms with van der Waals surface area (Å²) in [6, 6.07) is 10.6. The maximum atomic E-state index is 10.1. The maximum absolute atomic E-state index is 10.1. The molecule has 4 nitrogen and oxygen atoms in total. The van der Waals surface area contributed by atoms with Crippen LogP contribution in [0.5, 0.6) is 0 Å². The Morgan fingerprint density at radius 3 is 2.96 bits per heavy atom. The molecule has 2 aliphatic rings. The third-order valence-corrected chi connectivity index (χ3v) is 6.64. The quantitative estimate of drug-likeness (QED) is 0.924. The molecule has 4 rings (SSSR count). The fourth-order valence-corrected chi connectivity index (χ4v) is 5.20. The van der Waals surface area contributed by atoms with E-state index in [-0.39, 0.29) is 11.7 Å². The number of ether oxygens (including phenoxy) is 1. The Kier molecular flexibility index (Phi) is 4.43. The van der Waals surface area contributed by atoms with E-state index >= 15 is 0 Å². The van der Waals surface area contributed by atoms with Gasteiger partial charge in [0, 0.05) is 42.9 Å². The largest absolute Gasteiger partial charge is 0.393 e. The summed E-state index contributed by atoms with van der Waals surface area (Å²) in [4.78, 5) is 8.36. The SMILES string of the molecule is CO[C@@]12CC[C@H](O)C[C@@H]1N(Cc1cnc(-c3ccccc3)s1)CC2. The standard InChI is InChI=1S/C19H24N2O2S/c1-23-19-8-7-15(22)11-17(19)21(10-9-19)13-16-12-20-18(24-16)14-5-3-2-4-6-14/h2-6,12,15,17,22H,7-11,13H2,1H3/t15-,17-,19+/m0/s1. The summed E-state index contributed by atoms with van der Waals surface area (Å²) >= 11 is 1.76. The molecule has 1 aromatic heterocycles. The number of methoxy groups -OCH3 is 1. The highest BCUT2D eigenvalue weighted by Crippen LogP contribution is 2.43. The van der Waals surface area contributed by atoms with E-state index in [2.05, 4.69) is 22.0 Å². The van der Waals surface area contributed by atoms with Gasteiger partial charge in [-0.3, -0.25) is 4.90 Å². The molecule has 0 unspecified atom stereocenters. The number of fused-ring (bicyclic) bond motifs is 1. The van der Waals surface area contributed by atoms with E-state index < -0.39 is 0 Å². The number of likely N-dealkylation sites (tertiary alicyclic amines) is 1. The topological polar surface area (TPSA) is 45.6 Å². The molecule has 3 atom stereocenters. The van der Waals surface area contributed by atoms with Crippen LogP contribution in [0.3, 0.4) is 0 Å². The monoisotopic (exact) mass is 344 g/mol. The van der Waals surface area contributed by atoms with Crippen molar-refractivity contribution in [3.8, 4) is 10.6 Å². The average molecular weight is 344 g/mol. The normalized spacial score (nSPS) is 30.4. The molecule has 128 valence electrons. The van der Waals surface area contributed by atoms with Crippen molar-refractivity contribution in [1.29, 1.82) is 0 Å². The zero-order chi connectivity index (χ0) is 16.6. The number of hydrogen-bond acceptors (Lipinski definition) is 5. The fourth-order valence-electron chi connectivity index (χ4n) is 4.25. The lowest BCUT2D eigenvalue weighted by Gasteiger charge is -2.42. The van der Waals surface area contributed by atoms with Crippen LogP contribution in [0, 0.1) is 0 Å². The van der Waals surface area contributed by atoms with Gasteiger partial charge in [-0.2, -0.15) is 0 Å².